The van der Waals surface area contributed by atoms with Gasteiger partial charge in [0.05, 0.1) is 11.2 Å². The molecule has 1 aliphatic heterocycles. The van der Waals surface area contributed by atoms with Crippen LogP contribution in [0.25, 0.3) is 20.2 Å². The fourth-order valence-electron chi connectivity index (χ4n) is 9.94. The van der Waals surface area contributed by atoms with Crippen LogP contribution in [0.2, 0.25) is 5.02 Å². The van der Waals surface area contributed by atoms with Crippen molar-refractivity contribution in [3.63, 3.8) is 0 Å². The van der Waals surface area contributed by atoms with Gasteiger partial charge in [0.25, 0.3) is 0 Å². The minimum absolute atomic E-state index is 0.0268. The first-order valence-electron chi connectivity index (χ1n) is 20.7. The van der Waals surface area contributed by atoms with E-state index in [0.29, 0.717) is 0 Å². The molecule has 1 aromatic heterocycles. The molecule has 0 amide bonds. The molecule has 2 aliphatic rings. The average molecular weight is 782 g/mol. The molecule has 1 fully saturated rings. The molecule has 8 rings (SSSR count). The number of anilines is 5. The molecule has 1 saturated carbocycles. The fraction of sp³-hybridized carbons (Fsp3) is 0.423. The summed E-state index contributed by atoms with van der Waals surface area (Å²) < 4.78 is 2.64. The van der Waals surface area contributed by atoms with Crippen molar-refractivity contribution in [2.45, 2.75) is 143 Å². The molecule has 0 spiro atoms. The van der Waals surface area contributed by atoms with E-state index in [1.165, 1.54) is 84.2 Å². The van der Waals surface area contributed by atoms with E-state index in [0.717, 1.165) is 28.5 Å². The zero-order valence-electron chi connectivity index (χ0n) is 36.1. The first-order chi connectivity index (χ1) is 26.1. The summed E-state index contributed by atoms with van der Waals surface area (Å²) in [6, 6.07) is 33.0. The summed E-state index contributed by atoms with van der Waals surface area (Å²) >= 11 is 9.23. The van der Waals surface area contributed by atoms with Crippen LogP contribution in [-0.4, -0.2) is 5.54 Å². The predicted molar refractivity (Wildman–Crippen MR) is 247 cm³/mol. The van der Waals surface area contributed by atoms with Gasteiger partial charge in [-0.15, -0.1) is 11.3 Å². The summed E-state index contributed by atoms with van der Waals surface area (Å²) in [5.74, 6) is 0. The molecule has 56 heavy (non-hydrogen) atoms. The zero-order valence-corrected chi connectivity index (χ0v) is 37.7. The monoisotopic (exact) mass is 780 g/mol. The summed E-state index contributed by atoms with van der Waals surface area (Å²) in [4.78, 5) is 5.16. The Morgan fingerprint density at radius 2 is 1.18 bits per heavy atom. The Kier molecular flexibility index (Phi) is 9.15. The fourth-order valence-corrected chi connectivity index (χ4v) is 11.3. The van der Waals surface area contributed by atoms with E-state index < -0.39 is 0 Å². The van der Waals surface area contributed by atoms with E-state index >= 15 is 0 Å². The SMILES string of the molecule is Cc1cc(C(C)(C)C)cc(C)c1N(c1cc(Cl)cc(N2c3ccc(C(C)(C)C)cc3C3(C)CCCCC23C)c1)c1ccc2c(c1)sc1cc(C(C)(C)C)ccc12. The van der Waals surface area contributed by atoms with Crippen LogP contribution >= 0.6 is 22.9 Å². The van der Waals surface area contributed by atoms with Gasteiger partial charge in [-0.25, -0.2) is 0 Å². The lowest BCUT2D eigenvalue weighted by Gasteiger charge is -2.50. The average Bonchev–Trinajstić information content (AvgIpc) is 3.56. The quantitative estimate of drug-likeness (QED) is 0.176. The first kappa shape index (κ1) is 39.1. The molecule has 0 saturated heterocycles. The number of aryl methyl sites for hydroxylation is 2. The van der Waals surface area contributed by atoms with Crippen LogP contribution < -0.4 is 9.80 Å². The highest BCUT2D eigenvalue weighted by atomic mass is 35.5. The highest BCUT2D eigenvalue weighted by Crippen LogP contribution is 2.62. The van der Waals surface area contributed by atoms with Crippen molar-refractivity contribution in [1.29, 1.82) is 0 Å². The smallest absolute Gasteiger partial charge is 0.0520 e. The summed E-state index contributed by atoms with van der Waals surface area (Å²) in [5, 5.41) is 3.39. The molecular formula is C52H61ClN2S. The van der Waals surface area contributed by atoms with E-state index in [4.69, 9.17) is 11.6 Å². The summed E-state index contributed by atoms with van der Waals surface area (Å²) in [5.41, 5.74) is 14.2. The molecule has 1 aliphatic carbocycles. The van der Waals surface area contributed by atoms with Gasteiger partial charge in [0.15, 0.2) is 0 Å². The van der Waals surface area contributed by atoms with Crippen LogP contribution in [0.15, 0.2) is 84.9 Å². The number of hydrogen-bond acceptors (Lipinski definition) is 3. The van der Waals surface area contributed by atoms with Crippen LogP contribution in [0, 0.1) is 13.8 Å². The molecule has 0 bridgehead atoms. The van der Waals surface area contributed by atoms with Gasteiger partial charge in [0.2, 0.25) is 0 Å². The Labute approximate surface area is 345 Å². The van der Waals surface area contributed by atoms with Crippen molar-refractivity contribution in [3.8, 4) is 0 Å². The third-order valence-corrected chi connectivity index (χ3v) is 14.8. The molecule has 2 nitrogen and oxygen atoms in total. The molecule has 2 atom stereocenters. The van der Waals surface area contributed by atoms with E-state index in [1.54, 1.807) is 0 Å². The van der Waals surface area contributed by atoms with Gasteiger partial charge in [-0.2, -0.15) is 0 Å². The zero-order chi connectivity index (χ0) is 40.3. The van der Waals surface area contributed by atoms with Crippen LogP contribution in [-0.2, 0) is 21.7 Å². The second-order valence-electron chi connectivity index (χ2n) is 20.6. The van der Waals surface area contributed by atoms with E-state index in [2.05, 4.69) is 185 Å². The number of rotatable bonds is 4. The largest absolute Gasteiger partial charge is 0.334 e. The molecule has 292 valence electrons. The Morgan fingerprint density at radius 1 is 0.607 bits per heavy atom. The Morgan fingerprint density at radius 3 is 1.82 bits per heavy atom. The first-order valence-corrected chi connectivity index (χ1v) is 21.9. The third-order valence-electron chi connectivity index (χ3n) is 13.5. The number of fused-ring (bicyclic) bond motifs is 6. The van der Waals surface area contributed by atoms with E-state index in [-0.39, 0.29) is 27.2 Å². The second-order valence-corrected chi connectivity index (χ2v) is 22.1. The van der Waals surface area contributed by atoms with Crippen LogP contribution in [0.3, 0.4) is 0 Å². The molecule has 2 unspecified atom stereocenters. The van der Waals surface area contributed by atoms with Gasteiger partial charge in [-0.05, 0) is 126 Å². The van der Waals surface area contributed by atoms with Crippen molar-refractivity contribution >= 4 is 71.5 Å². The maximum atomic E-state index is 7.33. The molecule has 0 radical (unpaired) electrons. The predicted octanol–water partition coefficient (Wildman–Crippen LogP) is 16.4. The highest BCUT2D eigenvalue weighted by Gasteiger charge is 2.57. The maximum absolute atomic E-state index is 7.33. The minimum atomic E-state index is -0.0844. The standard InChI is InChI=1S/C52H61ClN2S/c1-32-24-36(50(9,10)11)25-33(2)47(32)54(38-18-20-42-41-19-16-35(49(6,7)8)27-45(41)56-46(42)31-38)39-28-37(53)29-40(30-39)55-44-21-17-34(48(3,4)5)26-43(44)51(12)22-14-15-23-52(51,55)13/h16-21,24-31H,14-15,22-23H2,1-13H3. The highest BCUT2D eigenvalue weighted by molar-refractivity contribution is 7.25. The number of thiophene rings is 1. The van der Waals surface area contributed by atoms with Crippen LogP contribution in [0.4, 0.5) is 28.4 Å². The number of halogens is 1. The number of benzene rings is 5. The topological polar surface area (TPSA) is 6.48 Å². The molecule has 5 aromatic carbocycles. The lowest BCUT2D eigenvalue weighted by atomic mass is 9.61. The van der Waals surface area contributed by atoms with Gasteiger partial charge in [0.1, 0.15) is 0 Å². The summed E-state index contributed by atoms with van der Waals surface area (Å²) in [6.07, 6.45) is 4.81. The van der Waals surface area contributed by atoms with Gasteiger partial charge >= 0.3 is 0 Å². The minimum Gasteiger partial charge on any atom is -0.334 e. The maximum Gasteiger partial charge on any atom is 0.0520 e. The van der Waals surface area contributed by atoms with E-state index in [1.807, 2.05) is 11.3 Å². The lowest BCUT2D eigenvalue weighted by molar-refractivity contribution is 0.195. The van der Waals surface area contributed by atoms with Crippen molar-refractivity contribution in [2.75, 3.05) is 9.80 Å². The Hall–Kier alpha value is -3.79. The second kappa shape index (κ2) is 13.1. The van der Waals surface area contributed by atoms with Crippen LogP contribution in [0.1, 0.15) is 135 Å². The Balaban J connectivity index is 1.35. The third kappa shape index (κ3) is 6.27. The normalized spacial score (nSPS) is 20.1. The lowest BCUT2D eigenvalue weighted by Crippen LogP contribution is -2.54. The van der Waals surface area contributed by atoms with Crippen molar-refractivity contribution in [3.05, 3.63) is 123 Å². The van der Waals surface area contributed by atoms with Gasteiger partial charge in [0, 0.05) is 53.4 Å². The van der Waals surface area contributed by atoms with Gasteiger partial charge in [-0.1, -0.05) is 136 Å². The number of nitrogens with zero attached hydrogens (tertiary/aromatic N) is 2. The van der Waals surface area contributed by atoms with Crippen LogP contribution in [0.5, 0.6) is 0 Å². The summed E-state index contributed by atoms with van der Waals surface area (Å²) in [6.45, 7) is 30.4. The molecule has 4 heteroatoms. The number of hydrogen-bond donors (Lipinski definition) is 0. The van der Waals surface area contributed by atoms with Crippen molar-refractivity contribution in [1.82, 2.24) is 0 Å². The van der Waals surface area contributed by atoms with Gasteiger partial charge in [-0.3, -0.25) is 0 Å². The van der Waals surface area contributed by atoms with E-state index in [9.17, 15) is 0 Å². The molecule has 6 aromatic rings. The van der Waals surface area contributed by atoms with Crippen molar-refractivity contribution < 1.29 is 0 Å². The molecule has 0 N–H and O–H groups in total. The summed E-state index contributed by atoms with van der Waals surface area (Å²) in [7, 11) is 0. The Bertz CT molecular complexity index is 2500. The molecule has 2 heterocycles. The molecular weight excluding hydrogens is 720 g/mol. The van der Waals surface area contributed by atoms with Crippen molar-refractivity contribution in [2.24, 2.45) is 0 Å². The van der Waals surface area contributed by atoms with Gasteiger partial charge < -0.3 is 9.80 Å².